The number of hydrogen-bond donors (Lipinski definition) is 2. The Labute approximate surface area is 135 Å². The minimum Gasteiger partial charge on any atom is -0.381 e. The molecule has 2 unspecified atom stereocenters. The van der Waals surface area contributed by atoms with Crippen LogP contribution in [0.3, 0.4) is 0 Å². The van der Waals surface area contributed by atoms with Crippen LogP contribution in [0, 0.1) is 17.3 Å². The highest BCUT2D eigenvalue weighted by atomic mass is 35.5. The number of carbonyl (C=O) groups is 1. The maximum absolute atomic E-state index is 12.4. The lowest BCUT2D eigenvalue weighted by Gasteiger charge is -2.35. The quantitative estimate of drug-likeness (QED) is 0.818. The molecule has 1 amide bonds. The van der Waals surface area contributed by atoms with E-state index in [0.29, 0.717) is 19.8 Å². The molecule has 0 aromatic rings. The Morgan fingerprint density at radius 2 is 1.95 bits per heavy atom. The van der Waals surface area contributed by atoms with Crippen LogP contribution in [0.5, 0.6) is 0 Å². The Morgan fingerprint density at radius 3 is 2.57 bits per heavy atom. The fraction of sp³-hybridized carbons (Fsp3) is 0.938. The zero-order chi connectivity index (χ0) is 14.4. The standard InChI is InChI=1S/C16H30N2O2.ClH/c1-13-4-2-3-5-14(13)6-9-18-15(19)16(12-17)7-10-20-11-8-16;/h13-14H,2-12,17H2,1H3,(H,18,19);1H. The second-order valence-corrected chi connectivity index (χ2v) is 6.66. The van der Waals surface area contributed by atoms with Crippen molar-refractivity contribution in [2.75, 3.05) is 26.3 Å². The Balaban J connectivity index is 0.00000220. The summed E-state index contributed by atoms with van der Waals surface area (Å²) in [4.78, 5) is 12.4. The van der Waals surface area contributed by atoms with Crippen LogP contribution in [0.4, 0.5) is 0 Å². The fourth-order valence-electron chi connectivity index (χ4n) is 3.67. The van der Waals surface area contributed by atoms with Crippen LogP contribution in [0.1, 0.15) is 51.9 Å². The van der Waals surface area contributed by atoms with E-state index < -0.39 is 0 Å². The molecule has 2 rings (SSSR count). The van der Waals surface area contributed by atoms with Crippen LogP contribution in [-0.2, 0) is 9.53 Å². The van der Waals surface area contributed by atoms with Gasteiger partial charge in [-0.25, -0.2) is 0 Å². The molecule has 124 valence electrons. The minimum atomic E-state index is -0.379. The van der Waals surface area contributed by atoms with Crippen LogP contribution in [-0.4, -0.2) is 32.2 Å². The van der Waals surface area contributed by atoms with Crippen molar-refractivity contribution in [2.45, 2.75) is 51.9 Å². The highest BCUT2D eigenvalue weighted by molar-refractivity contribution is 5.85. The molecule has 0 radical (unpaired) electrons. The second kappa shape index (κ2) is 8.96. The number of halogens is 1. The first kappa shape index (κ1) is 18.7. The first-order valence-corrected chi connectivity index (χ1v) is 8.24. The lowest BCUT2D eigenvalue weighted by atomic mass is 9.78. The number of hydrogen-bond acceptors (Lipinski definition) is 3. The molecule has 1 aliphatic carbocycles. The summed E-state index contributed by atoms with van der Waals surface area (Å²) in [5.74, 6) is 1.74. The molecule has 3 N–H and O–H groups in total. The highest BCUT2D eigenvalue weighted by Gasteiger charge is 2.38. The van der Waals surface area contributed by atoms with Gasteiger partial charge in [-0.1, -0.05) is 32.6 Å². The lowest BCUT2D eigenvalue weighted by Crippen LogP contribution is -2.49. The average molecular weight is 319 g/mol. The van der Waals surface area contributed by atoms with Crippen molar-refractivity contribution in [1.29, 1.82) is 0 Å². The van der Waals surface area contributed by atoms with Gasteiger partial charge < -0.3 is 15.8 Å². The van der Waals surface area contributed by atoms with E-state index in [2.05, 4.69) is 12.2 Å². The number of rotatable bonds is 5. The van der Waals surface area contributed by atoms with Gasteiger partial charge in [0, 0.05) is 26.3 Å². The van der Waals surface area contributed by atoms with Gasteiger partial charge in [0.15, 0.2) is 0 Å². The summed E-state index contributed by atoms with van der Waals surface area (Å²) in [5.41, 5.74) is 5.48. The summed E-state index contributed by atoms with van der Waals surface area (Å²) >= 11 is 0. The predicted molar refractivity (Wildman–Crippen MR) is 87.5 cm³/mol. The molecule has 1 saturated heterocycles. The Kier molecular flexibility index (Phi) is 7.99. The van der Waals surface area contributed by atoms with Gasteiger partial charge in [-0.2, -0.15) is 0 Å². The molecule has 2 aliphatic rings. The normalized spacial score (nSPS) is 28.5. The molecule has 21 heavy (non-hydrogen) atoms. The summed E-state index contributed by atoms with van der Waals surface area (Å²) in [6.07, 6.45) is 8.04. The van der Waals surface area contributed by atoms with Crippen LogP contribution in [0.15, 0.2) is 0 Å². The molecule has 1 heterocycles. The maximum Gasteiger partial charge on any atom is 0.227 e. The number of nitrogens with one attached hydrogen (secondary N) is 1. The number of nitrogens with two attached hydrogens (primary N) is 1. The van der Waals surface area contributed by atoms with Gasteiger partial charge in [-0.3, -0.25) is 4.79 Å². The zero-order valence-corrected chi connectivity index (χ0v) is 14.1. The molecule has 0 bridgehead atoms. The predicted octanol–water partition coefficient (Wildman–Crippen LogP) is 2.50. The highest BCUT2D eigenvalue weighted by Crippen LogP contribution is 2.32. The Morgan fingerprint density at radius 1 is 1.29 bits per heavy atom. The molecule has 2 fully saturated rings. The topological polar surface area (TPSA) is 64.4 Å². The summed E-state index contributed by atoms with van der Waals surface area (Å²) in [6.45, 7) is 4.90. The maximum atomic E-state index is 12.4. The third-order valence-corrected chi connectivity index (χ3v) is 5.41. The van der Waals surface area contributed by atoms with Crippen molar-refractivity contribution in [3.8, 4) is 0 Å². The summed E-state index contributed by atoms with van der Waals surface area (Å²) in [6, 6.07) is 0. The summed E-state index contributed by atoms with van der Waals surface area (Å²) < 4.78 is 5.35. The van der Waals surface area contributed by atoms with Gasteiger partial charge in [0.05, 0.1) is 5.41 Å². The minimum absolute atomic E-state index is 0. The monoisotopic (exact) mass is 318 g/mol. The number of ether oxygens (including phenoxy) is 1. The van der Waals surface area contributed by atoms with Gasteiger partial charge in [-0.15, -0.1) is 12.4 Å². The van der Waals surface area contributed by atoms with Gasteiger partial charge in [0.1, 0.15) is 0 Å². The second-order valence-electron chi connectivity index (χ2n) is 6.66. The smallest absolute Gasteiger partial charge is 0.227 e. The molecule has 4 nitrogen and oxygen atoms in total. The van der Waals surface area contributed by atoms with Crippen molar-refractivity contribution in [2.24, 2.45) is 23.0 Å². The first-order chi connectivity index (χ1) is 9.68. The molecule has 1 aliphatic heterocycles. The van der Waals surface area contributed by atoms with E-state index in [0.717, 1.165) is 37.6 Å². The largest absolute Gasteiger partial charge is 0.381 e. The number of carbonyl (C=O) groups excluding carboxylic acids is 1. The van der Waals surface area contributed by atoms with Gasteiger partial charge in [0.2, 0.25) is 5.91 Å². The third-order valence-electron chi connectivity index (χ3n) is 5.41. The van der Waals surface area contributed by atoms with Gasteiger partial charge in [0.25, 0.3) is 0 Å². The van der Waals surface area contributed by atoms with Crippen molar-refractivity contribution in [3.63, 3.8) is 0 Å². The number of amides is 1. The summed E-state index contributed by atoms with van der Waals surface area (Å²) in [5, 5.41) is 3.14. The molecule has 0 spiro atoms. The van der Waals surface area contributed by atoms with Crippen molar-refractivity contribution >= 4 is 18.3 Å². The molecule has 0 aromatic carbocycles. The van der Waals surface area contributed by atoms with E-state index in [1.54, 1.807) is 0 Å². The van der Waals surface area contributed by atoms with Crippen molar-refractivity contribution in [1.82, 2.24) is 5.32 Å². The van der Waals surface area contributed by atoms with Gasteiger partial charge in [-0.05, 0) is 31.1 Å². The summed E-state index contributed by atoms with van der Waals surface area (Å²) in [7, 11) is 0. The SMILES string of the molecule is CC1CCCCC1CCNC(=O)C1(CN)CCOCC1.Cl. The Bertz CT molecular complexity index is 319. The zero-order valence-electron chi connectivity index (χ0n) is 13.2. The average Bonchev–Trinajstić information content (AvgIpc) is 2.49. The van der Waals surface area contributed by atoms with Crippen LogP contribution in [0.25, 0.3) is 0 Å². The van der Waals surface area contributed by atoms with Crippen molar-refractivity contribution < 1.29 is 9.53 Å². The van der Waals surface area contributed by atoms with Crippen LogP contribution in [0.2, 0.25) is 0 Å². The van der Waals surface area contributed by atoms with E-state index >= 15 is 0 Å². The van der Waals surface area contributed by atoms with E-state index in [1.165, 1.54) is 25.7 Å². The van der Waals surface area contributed by atoms with Crippen LogP contribution >= 0.6 is 12.4 Å². The third kappa shape index (κ3) is 4.83. The molecule has 5 heteroatoms. The van der Waals surface area contributed by atoms with Crippen LogP contribution < -0.4 is 11.1 Å². The Hall–Kier alpha value is -0.320. The lowest BCUT2D eigenvalue weighted by molar-refractivity contribution is -0.135. The molecule has 0 aromatic heterocycles. The first-order valence-electron chi connectivity index (χ1n) is 8.24. The van der Waals surface area contributed by atoms with E-state index in [4.69, 9.17) is 10.5 Å². The molecule has 1 saturated carbocycles. The molecular weight excluding hydrogens is 288 g/mol. The van der Waals surface area contributed by atoms with Crippen molar-refractivity contribution in [3.05, 3.63) is 0 Å². The van der Waals surface area contributed by atoms with Gasteiger partial charge >= 0.3 is 0 Å². The van der Waals surface area contributed by atoms with E-state index in [-0.39, 0.29) is 23.7 Å². The van der Waals surface area contributed by atoms with E-state index in [9.17, 15) is 4.79 Å². The fourth-order valence-corrected chi connectivity index (χ4v) is 3.67. The molecule has 2 atom stereocenters. The van der Waals surface area contributed by atoms with E-state index in [1.807, 2.05) is 0 Å². The molecular formula is C16H31ClN2O2.